The third-order valence-electron chi connectivity index (χ3n) is 4.19. The zero-order chi connectivity index (χ0) is 20.9. The third-order valence-corrected chi connectivity index (χ3v) is 6.73. The second-order valence-corrected chi connectivity index (χ2v) is 8.61. The largest absolute Gasteiger partial charge is 0.481 e. The van der Waals surface area contributed by atoms with Crippen LogP contribution in [0.1, 0.15) is 26.3 Å². The predicted octanol–water partition coefficient (Wildman–Crippen LogP) is 4.08. The van der Waals surface area contributed by atoms with Crippen molar-refractivity contribution in [3.05, 3.63) is 53.1 Å². The molecule has 152 valence electrons. The fourth-order valence-electron chi connectivity index (χ4n) is 2.67. The van der Waals surface area contributed by atoms with E-state index in [1.54, 1.807) is 32.9 Å². The molecule has 6 nitrogen and oxygen atoms in total. The first-order valence-electron chi connectivity index (χ1n) is 9.03. The van der Waals surface area contributed by atoms with Gasteiger partial charge >= 0.3 is 0 Å². The van der Waals surface area contributed by atoms with E-state index in [0.29, 0.717) is 24.5 Å². The number of hydrogen-bond acceptors (Lipinski definition) is 4. The van der Waals surface area contributed by atoms with E-state index >= 15 is 0 Å². The van der Waals surface area contributed by atoms with Gasteiger partial charge in [-0.25, -0.2) is 8.42 Å². The SMILES string of the molecule is CCN(CC)S(=O)(=O)c1cc(NC(=O)[C@@H](C)Oc2cccc(C)c2)ccc1Cl. The molecule has 0 radical (unpaired) electrons. The Morgan fingerprint density at radius 1 is 1.18 bits per heavy atom. The minimum absolute atomic E-state index is 0.0390. The highest BCUT2D eigenvalue weighted by Crippen LogP contribution is 2.28. The molecule has 8 heteroatoms. The van der Waals surface area contributed by atoms with Gasteiger partial charge in [0.25, 0.3) is 5.91 Å². The van der Waals surface area contributed by atoms with Crippen molar-refractivity contribution in [2.45, 2.75) is 38.7 Å². The molecule has 2 rings (SSSR count). The van der Waals surface area contributed by atoms with Gasteiger partial charge in [0.15, 0.2) is 6.10 Å². The van der Waals surface area contributed by atoms with Gasteiger partial charge in [-0.2, -0.15) is 4.31 Å². The minimum atomic E-state index is -3.74. The van der Waals surface area contributed by atoms with Crippen LogP contribution in [0.4, 0.5) is 5.69 Å². The highest BCUT2D eigenvalue weighted by atomic mass is 35.5. The first kappa shape index (κ1) is 22.2. The van der Waals surface area contributed by atoms with Crippen molar-refractivity contribution in [3.8, 4) is 5.75 Å². The molecular weight excluding hydrogens is 400 g/mol. The second-order valence-electron chi connectivity index (χ2n) is 6.30. The number of carbonyl (C=O) groups is 1. The number of sulfonamides is 1. The number of nitrogens with zero attached hydrogens (tertiary/aromatic N) is 1. The lowest BCUT2D eigenvalue weighted by atomic mass is 10.2. The molecule has 0 saturated heterocycles. The molecular formula is C20H25ClN2O4S. The summed E-state index contributed by atoms with van der Waals surface area (Å²) in [4.78, 5) is 12.4. The maximum atomic E-state index is 12.8. The van der Waals surface area contributed by atoms with Crippen LogP contribution in [0.3, 0.4) is 0 Å². The third kappa shape index (κ3) is 5.25. The molecule has 0 unspecified atom stereocenters. The van der Waals surface area contributed by atoms with Gasteiger partial charge in [-0.15, -0.1) is 0 Å². The molecule has 1 amide bonds. The molecule has 0 aromatic heterocycles. The van der Waals surface area contributed by atoms with E-state index in [9.17, 15) is 13.2 Å². The molecule has 0 bridgehead atoms. The Morgan fingerprint density at radius 3 is 2.46 bits per heavy atom. The van der Waals surface area contributed by atoms with Gasteiger partial charge < -0.3 is 10.1 Å². The van der Waals surface area contributed by atoms with E-state index < -0.39 is 22.0 Å². The van der Waals surface area contributed by atoms with Gasteiger partial charge in [0, 0.05) is 18.8 Å². The van der Waals surface area contributed by atoms with Crippen LogP contribution < -0.4 is 10.1 Å². The summed E-state index contributed by atoms with van der Waals surface area (Å²) in [5.41, 5.74) is 1.36. The molecule has 2 aromatic rings. The van der Waals surface area contributed by atoms with Crippen LogP contribution >= 0.6 is 11.6 Å². The first-order chi connectivity index (χ1) is 13.2. The number of rotatable bonds is 8. The van der Waals surface area contributed by atoms with E-state index in [-0.39, 0.29) is 9.92 Å². The molecule has 1 N–H and O–H groups in total. The van der Waals surface area contributed by atoms with Gasteiger partial charge in [-0.05, 0) is 49.7 Å². The summed E-state index contributed by atoms with van der Waals surface area (Å²) in [6.45, 7) is 7.72. The van der Waals surface area contributed by atoms with Crippen molar-refractivity contribution < 1.29 is 17.9 Å². The van der Waals surface area contributed by atoms with Crippen LogP contribution in [-0.4, -0.2) is 37.8 Å². The van der Waals surface area contributed by atoms with Gasteiger partial charge in [-0.3, -0.25) is 4.79 Å². The lowest BCUT2D eigenvalue weighted by Gasteiger charge is -2.20. The van der Waals surface area contributed by atoms with Crippen LogP contribution in [-0.2, 0) is 14.8 Å². The molecule has 28 heavy (non-hydrogen) atoms. The minimum Gasteiger partial charge on any atom is -0.481 e. The monoisotopic (exact) mass is 424 g/mol. The second kappa shape index (κ2) is 9.41. The normalized spacial score (nSPS) is 12.6. The topological polar surface area (TPSA) is 75.7 Å². The zero-order valence-corrected chi connectivity index (χ0v) is 18.0. The Labute approximate surface area is 171 Å². The maximum absolute atomic E-state index is 12.8. The molecule has 0 spiro atoms. The zero-order valence-electron chi connectivity index (χ0n) is 16.4. The number of benzene rings is 2. The standard InChI is InChI=1S/C20H25ClN2O4S/c1-5-23(6-2)28(25,26)19-13-16(10-11-18(19)21)22-20(24)15(4)27-17-9-7-8-14(3)12-17/h7-13,15H,5-6H2,1-4H3,(H,22,24)/t15-/m1/s1. The highest BCUT2D eigenvalue weighted by molar-refractivity contribution is 7.89. The Hall–Kier alpha value is -2.09. The summed E-state index contributed by atoms with van der Waals surface area (Å²) in [5.74, 6) is 0.193. The Bertz CT molecular complexity index is 943. The lowest BCUT2D eigenvalue weighted by molar-refractivity contribution is -0.122. The predicted molar refractivity (Wildman–Crippen MR) is 111 cm³/mol. The molecule has 2 aromatic carbocycles. The maximum Gasteiger partial charge on any atom is 0.265 e. The number of aryl methyl sites for hydroxylation is 1. The van der Waals surface area contributed by atoms with Crippen molar-refractivity contribution in [1.29, 1.82) is 0 Å². The van der Waals surface area contributed by atoms with Gasteiger partial charge in [0.05, 0.1) is 5.02 Å². The number of hydrogen-bond donors (Lipinski definition) is 1. The average molecular weight is 425 g/mol. The fourth-order valence-corrected chi connectivity index (χ4v) is 4.63. The van der Waals surface area contributed by atoms with Crippen LogP contribution in [0.5, 0.6) is 5.75 Å². The van der Waals surface area contributed by atoms with E-state index in [0.717, 1.165) is 5.56 Å². The number of amides is 1. The highest BCUT2D eigenvalue weighted by Gasteiger charge is 2.25. The van der Waals surface area contributed by atoms with Gasteiger partial charge in [0.2, 0.25) is 10.0 Å². The molecule has 0 aliphatic rings. The van der Waals surface area contributed by atoms with Crippen LogP contribution in [0, 0.1) is 6.92 Å². The van der Waals surface area contributed by atoms with Crippen LogP contribution in [0.2, 0.25) is 5.02 Å². The summed E-state index contributed by atoms with van der Waals surface area (Å²) >= 11 is 6.12. The van der Waals surface area contributed by atoms with Gasteiger partial charge in [0.1, 0.15) is 10.6 Å². The molecule has 0 aliphatic carbocycles. The van der Waals surface area contributed by atoms with Crippen LogP contribution in [0.25, 0.3) is 0 Å². The Balaban J connectivity index is 2.19. The molecule has 1 atom stereocenters. The number of ether oxygens (including phenoxy) is 1. The molecule has 0 aliphatic heterocycles. The summed E-state index contributed by atoms with van der Waals surface area (Å²) < 4.78 is 32.5. The van der Waals surface area contributed by atoms with Crippen molar-refractivity contribution in [3.63, 3.8) is 0 Å². The molecule has 0 fully saturated rings. The summed E-state index contributed by atoms with van der Waals surface area (Å²) in [6.07, 6.45) is -0.764. The summed E-state index contributed by atoms with van der Waals surface area (Å²) in [6, 6.07) is 11.8. The van der Waals surface area contributed by atoms with Crippen molar-refractivity contribution in [1.82, 2.24) is 4.31 Å². The summed E-state index contributed by atoms with van der Waals surface area (Å²) in [5, 5.41) is 2.79. The van der Waals surface area contributed by atoms with Crippen molar-refractivity contribution >= 4 is 33.2 Å². The fraction of sp³-hybridized carbons (Fsp3) is 0.350. The van der Waals surface area contributed by atoms with Crippen molar-refractivity contribution in [2.24, 2.45) is 0 Å². The first-order valence-corrected chi connectivity index (χ1v) is 10.8. The van der Waals surface area contributed by atoms with E-state index in [2.05, 4.69) is 5.32 Å². The summed E-state index contributed by atoms with van der Waals surface area (Å²) in [7, 11) is -3.74. The van der Waals surface area contributed by atoms with Crippen LogP contribution in [0.15, 0.2) is 47.4 Å². The smallest absolute Gasteiger partial charge is 0.265 e. The molecule has 0 saturated carbocycles. The number of halogens is 1. The van der Waals surface area contributed by atoms with E-state index in [1.165, 1.54) is 16.4 Å². The number of nitrogens with one attached hydrogen (secondary N) is 1. The van der Waals surface area contributed by atoms with E-state index in [4.69, 9.17) is 16.3 Å². The number of carbonyl (C=O) groups excluding carboxylic acids is 1. The average Bonchev–Trinajstić information content (AvgIpc) is 2.63. The Kier molecular flexibility index (Phi) is 7.46. The lowest BCUT2D eigenvalue weighted by Crippen LogP contribution is -2.31. The Morgan fingerprint density at radius 2 is 1.86 bits per heavy atom. The number of anilines is 1. The van der Waals surface area contributed by atoms with Crippen molar-refractivity contribution in [2.75, 3.05) is 18.4 Å². The van der Waals surface area contributed by atoms with Gasteiger partial charge in [-0.1, -0.05) is 37.6 Å². The van der Waals surface area contributed by atoms with E-state index in [1.807, 2.05) is 25.1 Å². The molecule has 0 heterocycles. The quantitative estimate of drug-likeness (QED) is 0.692.